The van der Waals surface area contributed by atoms with E-state index in [-0.39, 0.29) is 5.91 Å². The zero-order chi connectivity index (χ0) is 22.8. The fraction of sp³-hybridized carbons (Fsp3) is 0.542. The summed E-state index contributed by atoms with van der Waals surface area (Å²) in [6.07, 6.45) is 3.98. The van der Waals surface area contributed by atoms with Crippen molar-refractivity contribution in [2.45, 2.75) is 25.3 Å². The van der Waals surface area contributed by atoms with Crippen molar-refractivity contribution in [3.05, 3.63) is 42.0 Å². The average molecular weight is 457 g/mol. The van der Waals surface area contributed by atoms with Crippen molar-refractivity contribution in [3.63, 3.8) is 0 Å². The molecular formula is C24H30F2N6O. The largest absolute Gasteiger partial charge is 0.353 e. The summed E-state index contributed by atoms with van der Waals surface area (Å²) in [5.41, 5.74) is 0.990. The molecule has 2 aliphatic heterocycles. The Hall–Kier alpha value is -2.65. The predicted molar refractivity (Wildman–Crippen MR) is 122 cm³/mol. The maximum Gasteiger partial charge on any atom is 0.236 e. The Morgan fingerprint density at radius 2 is 1.64 bits per heavy atom. The van der Waals surface area contributed by atoms with E-state index in [2.05, 4.69) is 24.9 Å². The number of carbonyl (C=O) groups is 1. The summed E-state index contributed by atoms with van der Waals surface area (Å²) in [6, 6.07) is 8.09. The van der Waals surface area contributed by atoms with E-state index in [1.807, 2.05) is 11.0 Å². The molecule has 5 rings (SSSR count). The number of nitrogens with zero attached hydrogens (tertiary/aromatic N) is 6. The normalized spacial score (nSPS) is 20.7. The van der Waals surface area contributed by atoms with Gasteiger partial charge in [0, 0.05) is 64.0 Å². The van der Waals surface area contributed by atoms with Gasteiger partial charge in [-0.05, 0) is 43.2 Å². The lowest BCUT2D eigenvalue weighted by Crippen LogP contribution is -2.56. The highest BCUT2D eigenvalue weighted by Crippen LogP contribution is 2.25. The summed E-state index contributed by atoms with van der Waals surface area (Å²) in [5.74, 6) is -0.799. The number of anilines is 1. The van der Waals surface area contributed by atoms with E-state index < -0.39 is 11.6 Å². The van der Waals surface area contributed by atoms with E-state index in [4.69, 9.17) is 0 Å². The zero-order valence-corrected chi connectivity index (χ0v) is 18.8. The lowest BCUT2D eigenvalue weighted by Gasteiger charge is -2.43. The Kier molecular flexibility index (Phi) is 6.50. The highest BCUT2D eigenvalue weighted by molar-refractivity contribution is 5.78. The van der Waals surface area contributed by atoms with Gasteiger partial charge < -0.3 is 9.80 Å². The summed E-state index contributed by atoms with van der Waals surface area (Å²) in [6.45, 7) is 7.28. The Morgan fingerprint density at radius 1 is 0.879 bits per heavy atom. The van der Waals surface area contributed by atoms with E-state index in [0.29, 0.717) is 17.8 Å². The first-order valence-electron chi connectivity index (χ1n) is 11.8. The molecule has 1 aliphatic carbocycles. The molecule has 9 heteroatoms. The van der Waals surface area contributed by atoms with Crippen molar-refractivity contribution in [1.82, 2.24) is 24.9 Å². The molecule has 176 valence electrons. The third-order valence-electron chi connectivity index (χ3n) is 7.18. The lowest BCUT2D eigenvalue weighted by molar-refractivity contribution is -0.134. The smallest absolute Gasteiger partial charge is 0.236 e. The van der Waals surface area contributed by atoms with Crippen LogP contribution in [0.5, 0.6) is 0 Å². The van der Waals surface area contributed by atoms with Gasteiger partial charge in [-0.3, -0.25) is 14.6 Å². The number of rotatable bonds is 5. The number of piperazine rings is 2. The molecule has 1 aromatic heterocycles. The summed E-state index contributed by atoms with van der Waals surface area (Å²) >= 11 is 0. The van der Waals surface area contributed by atoms with E-state index >= 15 is 0 Å². The standard InChI is InChI=1S/C24H30F2N6O/c25-20-5-4-18(16-21(20)26)22-6-7-23(28-27-22)31-10-8-29(9-11-31)17-24(33)32-14-12-30(13-15-32)19-2-1-3-19/h4-7,16,19H,1-3,8-15,17H2. The van der Waals surface area contributed by atoms with Gasteiger partial charge >= 0.3 is 0 Å². The van der Waals surface area contributed by atoms with Gasteiger partial charge in [-0.1, -0.05) is 6.42 Å². The highest BCUT2D eigenvalue weighted by Gasteiger charge is 2.30. The molecule has 0 bridgehead atoms. The van der Waals surface area contributed by atoms with Gasteiger partial charge in [0.15, 0.2) is 17.5 Å². The Labute approximate surface area is 193 Å². The van der Waals surface area contributed by atoms with Crippen LogP contribution in [0.15, 0.2) is 30.3 Å². The van der Waals surface area contributed by atoms with Gasteiger partial charge in [0.25, 0.3) is 0 Å². The molecule has 7 nitrogen and oxygen atoms in total. The first-order valence-corrected chi connectivity index (χ1v) is 11.8. The first-order chi connectivity index (χ1) is 16.1. The number of carbonyl (C=O) groups excluding carboxylic acids is 1. The topological polar surface area (TPSA) is 55.8 Å². The van der Waals surface area contributed by atoms with Crippen molar-refractivity contribution in [2.24, 2.45) is 0 Å². The van der Waals surface area contributed by atoms with Gasteiger partial charge in [0.05, 0.1) is 12.2 Å². The SMILES string of the molecule is O=C(CN1CCN(c2ccc(-c3ccc(F)c(F)c3)nn2)CC1)N1CCN(C2CCC2)CC1. The van der Waals surface area contributed by atoms with Crippen LogP contribution in [-0.4, -0.2) is 95.7 Å². The molecule has 0 radical (unpaired) electrons. The second-order valence-electron chi connectivity index (χ2n) is 9.17. The van der Waals surface area contributed by atoms with Crippen LogP contribution in [0, 0.1) is 11.6 Å². The van der Waals surface area contributed by atoms with E-state index in [0.717, 1.165) is 76.4 Å². The number of hydrogen-bond donors (Lipinski definition) is 0. The molecule has 3 heterocycles. The third-order valence-corrected chi connectivity index (χ3v) is 7.18. The molecule has 1 amide bonds. The minimum atomic E-state index is -0.899. The van der Waals surface area contributed by atoms with Gasteiger partial charge in [-0.15, -0.1) is 10.2 Å². The van der Waals surface area contributed by atoms with E-state index in [9.17, 15) is 13.6 Å². The van der Waals surface area contributed by atoms with Crippen molar-refractivity contribution < 1.29 is 13.6 Å². The summed E-state index contributed by atoms with van der Waals surface area (Å²) in [5, 5.41) is 8.48. The van der Waals surface area contributed by atoms with Gasteiger partial charge in [-0.2, -0.15) is 0 Å². The van der Waals surface area contributed by atoms with Crippen molar-refractivity contribution in [3.8, 4) is 11.3 Å². The number of amides is 1. The van der Waals surface area contributed by atoms with E-state index in [1.165, 1.54) is 25.3 Å². The Balaban J connectivity index is 1.09. The van der Waals surface area contributed by atoms with E-state index in [1.54, 1.807) is 6.07 Å². The third kappa shape index (κ3) is 4.99. The number of halogens is 2. The van der Waals surface area contributed by atoms with Crippen molar-refractivity contribution in [2.75, 3.05) is 63.8 Å². The van der Waals surface area contributed by atoms with Crippen LogP contribution in [0.4, 0.5) is 14.6 Å². The molecule has 3 aliphatic rings. The molecule has 1 aromatic carbocycles. The summed E-state index contributed by atoms with van der Waals surface area (Å²) in [7, 11) is 0. The Morgan fingerprint density at radius 3 is 2.24 bits per heavy atom. The highest BCUT2D eigenvalue weighted by atomic mass is 19.2. The molecule has 0 unspecified atom stereocenters. The molecule has 2 saturated heterocycles. The lowest BCUT2D eigenvalue weighted by atomic mass is 9.91. The maximum atomic E-state index is 13.5. The van der Waals surface area contributed by atoms with Crippen LogP contribution in [-0.2, 0) is 4.79 Å². The molecule has 0 N–H and O–H groups in total. The van der Waals surface area contributed by atoms with Crippen LogP contribution >= 0.6 is 0 Å². The van der Waals surface area contributed by atoms with Crippen LogP contribution < -0.4 is 4.90 Å². The molecule has 1 saturated carbocycles. The second kappa shape index (κ2) is 9.69. The van der Waals surface area contributed by atoms with Gasteiger partial charge in [0.2, 0.25) is 5.91 Å². The number of benzene rings is 1. The number of hydrogen-bond acceptors (Lipinski definition) is 6. The van der Waals surface area contributed by atoms with Gasteiger partial charge in [-0.25, -0.2) is 8.78 Å². The summed E-state index contributed by atoms with van der Waals surface area (Å²) in [4.78, 5) is 21.7. The maximum absolute atomic E-state index is 13.5. The fourth-order valence-corrected chi connectivity index (χ4v) is 4.82. The molecule has 0 atom stereocenters. The first kappa shape index (κ1) is 22.2. The second-order valence-corrected chi connectivity index (χ2v) is 9.17. The van der Waals surface area contributed by atoms with Crippen LogP contribution in [0.2, 0.25) is 0 Å². The van der Waals surface area contributed by atoms with Crippen LogP contribution in [0.1, 0.15) is 19.3 Å². The Bertz CT molecular complexity index is 967. The predicted octanol–water partition coefficient (Wildman–Crippen LogP) is 2.24. The minimum Gasteiger partial charge on any atom is -0.353 e. The molecule has 2 aromatic rings. The number of aromatic nitrogens is 2. The van der Waals surface area contributed by atoms with Crippen molar-refractivity contribution in [1.29, 1.82) is 0 Å². The molecular weight excluding hydrogens is 426 g/mol. The van der Waals surface area contributed by atoms with Crippen LogP contribution in [0.3, 0.4) is 0 Å². The van der Waals surface area contributed by atoms with Gasteiger partial charge in [0.1, 0.15) is 0 Å². The summed E-state index contributed by atoms with van der Waals surface area (Å²) < 4.78 is 26.6. The zero-order valence-electron chi connectivity index (χ0n) is 18.8. The fourth-order valence-electron chi connectivity index (χ4n) is 4.82. The monoisotopic (exact) mass is 456 g/mol. The van der Waals surface area contributed by atoms with Crippen molar-refractivity contribution >= 4 is 11.7 Å². The average Bonchev–Trinajstić information content (AvgIpc) is 2.81. The quantitative estimate of drug-likeness (QED) is 0.688. The molecule has 3 fully saturated rings. The van der Waals surface area contributed by atoms with Crippen LogP contribution in [0.25, 0.3) is 11.3 Å². The molecule has 0 spiro atoms. The molecule has 33 heavy (non-hydrogen) atoms. The minimum absolute atomic E-state index is 0.229.